The summed E-state index contributed by atoms with van der Waals surface area (Å²) in [5, 5.41) is 15.0. The van der Waals surface area contributed by atoms with E-state index < -0.39 is 6.10 Å². The van der Waals surface area contributed by atoms with Crippen LogP contribution in [0.1, 0.15) is 56.9 Å². The van der Waals surface area contributed by atoms with E-state index in [1.807, 2.05) is 61.5 Å². The minimum atomic E-state index is -0.883. The Morgan fingerprint density at radius 2 is 1.73 bits per heavy atom. The number of furan rings is 1. The van der Waals surface area contributed by atoms with Gasteiger partial charge in [0.05, 0.1) is 12.5 Å². The number of nitrogens with one attached hydrogen (secondary N) is 1. The highest BCUT2D eigenvalue weighted by molar-refractivity contribution is 5.83. The van der Waals surface area contributed by atoms with E-state index in [1.165, 1.54) is 5.56 Å². The summed E-state index contributed by atoms with van der Waals surface area (Å²) >= 11 is 0. The number of aliphatic hydroxyl groups is 1. The van der Waals surface area contributed by atoms with Gasteiger partial charge in [0.1, 0.15) is 17.4 Å². The zero-order valence-electron chi connectivity index (χ0n) is 21.2. The number of nitrogens with zero attached hydrogens (tertiary/aromatic N) is 1. The summed E-state index contributed by atoms with van der Waals surface area (Å²) in [6.45, 7) is 6.06. The lowest BCUT2D eigenvalue weighted by Gasteiger charge is -2.22. The van der Waals surface area contributed by atoms with Gasteiger partial charge in [0, 0.05) is 17.8 Å². The van der Waals surface area contributed by atoms with Crippen LogP contribution in [0.15, 0.2) is 95.7 Å². The Morgan fingerprint density at radius 3 is 2.49 bits per heavy atom. The SMILES string of the molecule is Cc1ccc([C@@H](NC(=O)Cc2ccc3oc(C(O)c4ccncc4C)cc3c2)c2ccccc2)c(C)c1. The van der Waals surface area contributed by atoms with Gasteiger partial charge in [-0.1, -0.05) is 60.2 Å². The first kappa shape index (κ1) is 24.5. The molecule has 0 saturated carbocycles. The lowest BCUT2D eigenvalue weighted by molar-refractivity contribution is -0.120. The van der Waals surface area contributed by atoms with Gasteiger partial charge in [-0.2, -0.15) is 0 Å². The van der Waals surface area contributed by atoms with E-state index in [1.54, 1.807) is 18.5 Å². The Kier molecular flexibility index (Phi) is 6.89. The average Bonchev–Trinajstić information content (AvgIpc) is 3.32. The van der Waals surface area contributed by atoms with E-state index in [0.717, 1.165) is 38.8 Å². The second kappa shape index (κ2) is 10.4. The highest BCUT2D eigenvalue weighted by Gasteiger charge is 2.20. The topological polar surface area (TPSA) is 75.4 Å². The fraction of sp³-hybridized carbons (Fsp3) is 0.188. The molecule has 0 aliphatic rings. The molecule has 5 aromatic rings. The van der Waals surface area contributed by atoms with Crippen molar-refractivity contribution < 1.29 is 14.3 Å². The summed E-state index contributed by atoms with van der Waals surface area (Å²) in [7, 11) is 0. The van der Waals surface area contributed by atoms with Crippen molar-refractivity contribution in [1.82, 2.24) is 10.3 Å². The third-order valence-corrected chi connectivity index (χ3v) is 6.77. The van der Waals surface area contributed by atoms with Crippen LogP contribution in [0.3, 0.4) is 0 Å². The van der Waals surface area contributed by atoms with Crippen LogP contribution in [0.2, 0.25) is 0 Å². The number of rotatable bonds is 7. The van der Waals surface area contributed by atoms with Gasteiger partial charge in [0.2, 0.25) is 5.91 Å². The van der Waals surface area contributed by atoms with Crippen LogP contribution in [0.25, 0.3) is 11.0 Å². The zero-order valence-corrected chi connectivity index (χ0v) is 21.2. The van der Waals surface area contributed by atoms with Gasteiger partial charge in [0.25, 0.3) is 0 Å². The molecule has 1 amide bonds. The van der Waals surface area contributed by atoms with Crippen molar-refractivity contribution in [1.29, 1.82) is 0 Å². The molecule has 2 atom stereocenters. The van der Waals surface area contributed by atoms with E-state index in [2.05, 4.69) is 42.3 Å². The first-order valence-electron chi connectivity index (χ1n) is 12.4. The highest BCUT2D eigenvalue weighted by atomic mass is 16.4. The molecule has 5 nitrogen and oxygen atoms in total. The monoisotopic (exact) mass is 490 g/mol. The minimum absolute atomic E-state index is 0.0654. The second-order valence-corrected chi connectivity index (χ2v) is 9.60. The maximum Gasteiger partial charge on any atom is 0.225 e. The minimum Gasteiger partial charge on any atom is -0.458 e. The van der Waals surface area contributed by atoms with Crippen LogP contribution in [-0.4, -0.2) is 16.0 Å². The summed E-state index contributed by atoms with van der Waals surface area (Å²) in [5.74, 6) is 0.397. The number of aliphatic hydroxyl groups excluding tert-OH is 1. The second-order valence-electron chi connectivity index (χ2n) is 9.60. The van der Waals surface area contributed by atoms with E-state index in [0.29, 0.717) is 11.3 Å². The van der Waals surface area contributed by atoms with Crippen LogP contribution in [0.5, 0.6) is 0 Å². The van der Waals surface area contributed by atoms with E-state index in [4.69, 9.17) is 4.42 Å². The van der Waals surface area contributed by atoms with E-state index in [9.17, 15) is 9.90 Å². The van der Waals surface area contributed by atoms with Crippen LogP contribution < -0.4 is 5.32 Å². The smallest absolute Gasteiger partial charge is 0.225 e. The molecule has 5 heteroatoms. The Bertz CT molecular complexity index is 1560. The predicted octanol–water partition coefficient (Wildman–Crippen LogP) is 6.28. The molecule has 5 rings (SSSR count). The molecule has 0 radical (unpaired) electrons. The Labute approximate surface area is 216 Å². The summed E-state index contributed by atoms with van der Waals surface area (Å²) in [4.78, 5) is 17.3. The highest BCUT2D eigenvalue weighted by Crippen LogP contribution is 2.30. The molecule has 0 bridgehead atoms. The van der Waals surface area contributed by atoms with Gasteiger partial charge in [-0.15, -0.1) is 0 Å². The van der Waals surface area contributed by atoms with Crippen molar-refractivity contribution in [3.05, 3.63) is 136 Å². The molecule has 3 aromatic carbocycles. The van der Waals surface area contributed by atoms with Crippen molar-refractivity contribution in [2.24, 2.45) is 0 Å². The van der Waals surface area contributed by atoms with Gasteiger partial charge in [-0.3, -0.25) is 9.78 Å². The Hall–Kier alpha value is -4.22. The van der Waals surface area contributed by atoms with Crippen LogP contribution in [0, 0.1) is 20.8 Å². The van der Waals surface area contributed by atoms with Gasteiger partial charge >= 0.3 is 0 Å². The Balaban J connectivity index is 1.37. The van der Waals surface area contributed by atoms with Crippen molar-refractivity contribution >= 4 is 16.9 Å². The number of amides is 1. The molecule has 2 heterocycles. The normalized spacial score (nSPS) is 12.9. The lowest BCUT2D eigenvalue weighted by atomic mass is 9.93. The molecule has 0 saturated heterocycles. The summed E-state index contributed by atoms with van der Waals surface area (Å²) in [5.41, 5.74) is 7.65. The number of fused-ring (bicyclic) bond motifs is 1. The van der Waals surface area contributed by atoms with Crippen molar-refractivity contribution in [3.8, 4) is 0 Å². The van der Waals surface area contributed by atoms with Gasteiger partial charge in [0.15, 0.2) is 0 Å². The van der Waals surface area contributed by atoms with Crippen molar-refractivity contribution in [3.63, 3.8) is 0 Å². The zero-order chi connectivity index (χ0) is 25.9. The van der Waals surface area contributed by atoms with Crippen molar-refractivity contribution in [2.75, 3.05) is 0 Å². The Morgan fingerprint density at radius 1 is 0.919 bits per heavy atom. The van der Waals surface area contributed by atoms with Crippen LogP contribution in [0.4, 0.5) is 0 Å². The standard InChI is InChI=1S/C32H30N2O3/c1-20-9-11-26(21(2)15-20)31(24-7-5-4-6-8-24)34-30(35)17-23-10-12-28-25(16-23)18-29(37-28)32(36)27-13-14-33-19-22(27)3/h4-16,18-19,31-32,36H,17H2,1-3H3,(H,34,35)/t31-,32?/m0/s1. The molecule has 186 valence electrons. The van der Waals surface area contributed by atoms with Crippen LogP contribution >= 0.6 is 0 Å². The summed E-state index contributed by atoms with van der Waals surface area (Å²) in [6, 6.07) is 25.4. The number of carbonyl (C=O) groups excluding carboxylic acids is 1. The third kappa shape index (κ3) is 5.32. The summed E-state index contributed by atoms with van der Waals surface area (Å²) in [6.07, 6.45) is 2.73. The molecule has 37 heavy (non-hydrogen) atoms. The molecule has 0 fully saturated rings. The molecule has 1 unspecified atom stereocenters. The molecule has 2 N–H and O–H groups in total. The van der Waals surface area contributed by atoms with Crippen LogP contribution in [-0.2, 0) is 11.2 Å². The molecule has 2 aromatic heterocycles. The maximum atomic E-state index is 13.2. The first-order valence-corrected chi connectivity index (χ1v) is 12.4. The van der Waals surface area contributed by atoms with Crippen molar-refractivity contribution in [2.45, 2.75) is 39.3 Å². The van der Waals surface area contributed by atoms with E-state index in [-0.39, 0.29) is 18.4 Å². The van der Waals surface area contributed by atoms with E-state index >= 15 is 0 Å². The molecule has 0 aliphatic carbocycles. The fourth-order valence-corrected chi connectivity index (χ4v) is 4.84. The lowest BCUT2D eigenvalue weighted by Crippen LogP contribution is -2.31. The number of aromatic nitrogens is 1. The van der Waals surface area contributed by atoms with Gasteiger partial charge in [-0.05, 0) is 78.4 Å². The average molecular weight is 491 g/mol. The number of benzene rings is 3. The largest absolute Gasteiger partial charge is 0.458 e. The number of hydrogen-bond acceptors (Lipinski definition) is 4. The molecular weight excluding hydrogens is 460 g/mol. The van der Waals surface area contributed by atoms with Gasteiger partial charge < -0.3 is 14.8 Å². The molecule has 0 spiro atoms. The number of pyridine rings is 1. The predicted molar refractivity (Wildman–Crippen MR) is 145 cm³/mol. The number of hydrogen-bond donors (Lipinski definition) is 2. The number of carbonyl (C=O) groups is 1. The first-order chi connectivity index (χ1) is 17.9. The quantitative estimate of drug-likeness (QED) is 0.281. The third-order valence-electron chi connectivity index (χ3n) is 6.77. The number of aryl methyl sites for hydroxylation is 3. The fourth-order valence-electron chi connectivity index (χ4n) is 4.84. The van der Waals surface area contributed by atoms with Gasteiger partial charge in [-0.25, -0.2) is 0 Å². The molecular formula is C32H30N2O3. The maximum absolute atomic E-state index is 13.2. The molecule has 0 aliphatic heterocycles. The summed E-state index contributed by atoms with van der Waals surface area (Å²) < 4.78 is 5.93.